The van der Waals surface area contributed by atoms with E-state index >= 15 is 0 Å². The number of amidine groups is 1. The van der Waals surface area contributed by atoms with Crippen LogP contribution in [-0.2, 0) is 0 Å². The lowest BCUT2D eigenvalue weighted by Gasteiger charge is -2.10. The van der Waals surface area contributed by atoms with E-state index in [1.165, 1.54) is 24.5 Å². The van der Waals surface area contributed by atoms with Gasteiger partial charge in [-0.2, -0.15) is 0 Å². The molecule has 0 fully saturated rings. The van der Waals surface area contributed by atoms with E-state index in [1.807, 2.05) is 0 Å². The summed E-state index contributed by atoms with van der Waals surface area (Å²) < 4.78 is 13.7. The van der Waals surface area contributed by atoms with E-state index in [0.717, 1.165) is 6.07 Å². The van der Waals surface area contributed by atoms with Crippen LogP contribution < -0.4 is 11.1 Å². The second kappa shape index (κ2) is 5.79. The molecule has 6 nitrogen and oxygen atoms in total. The number of nitrogens with one attached hydrogen (secondary N) is 1. The minimum absolute atomic E-state index is 0.106. The summed E-state index contributed by atoms with van der Waals surface area (Å²) in [7, 11) is 0. The van der Waals surface area contributed by atoms with Gasteiger partial charge in [0.15, 0.2) is 5.84 Å². The molecule has 20 heavy (non-hydrogen) atoms. The van der Waals surface area contributed by atoms with Crippen LogP contribution in [-0.4, -0.2) is 21.9 Å². The first kappa shape index (κ1) is 13.5. The number of carbonyl (C=O) groups is 1. The molecule has 1 aromatic heterocycles. The molecular weight excluding hydrogens is 263 g/mol. The van der Waals surface area contributed by atoms with Crippen molar-refractivity contribution in [2.24, 2.45) is 10.9 Å². The van der Waals surface area contributed by atoms with Gasteiger partial charge < -0.3 is 16.3 Å². The predicted octanol–water partition coefficient (Wildman–Crippen LogP) is 1.57. The molecule has 1 amide bonds. The van der Waals surface area contributed by atoms with E-state index in [2.05, 4.69) is 15.5 Å². The molecule has 0 radical (unpaired) electrons. The Morgan fingerprint density at radius 1 is 1.35 bits per heavy atom. The van der Waals surface area contributed by atoms with E-state index < -0.39 is 17.6 Å². The summed E-state index contributed by atoms with van der Waals surface area (Å²) in [5, 5.41) is 13.9. The van der Waals surface area contributed by atoms with Crippen molar-refractivity contribution in [1.82, 2.24) is 4.98 Å². The van der Waals surface area contributed by atoms with Crippen molar-refractivity contribution in [2.75, 3.05) is 5.32 Å². The van der Waals surface area contributed by atoms with Gasteiger partial charge in [0.2, 0.25) is 0 Å². The van der Waals surface area contributed by atoms with Crippen LogP contribution in [0.3, 0.4) is 0 Å². The standard InChI is InChI=1S/C13H11FN4O2/c14-9-4-1-5-10(11(9)12(15)18-20)17-13(19)8-3-2-6-16-7-8/h1-7,20H,(H2,15,18)(H,17,19). The third-order valence-corrected chi connectivity index (χ3v) is 2.55. The fraction of sp³-hybridized carbons (Fsp3) is 0. The van der Waals surface area contributed by atoms with Crippen LogP contribution in [0.2, 0.25) is 0 Å². The molecule has 2 aromatic rings. The van der Waals surface area contributed by atoms with E-state index in [9.17, 15) is 9.18 Å². The van der Waals surface area contributed by atoms with Gasteiger partial charge in [-0.1, -0.05) is 11.2 Å². The van der Waals surface area contributed by atoms with Crippen LogP contribution in [0.5, 0.6) is 0 Å². The zero-order chi connectivity index (χ0) is 14.5. The molecule has 0 saturated heterocycles. The van der Waals surface area contributed by atoms with Crippen molar-refractivity contribution in [2.45, 2.75) is 0 Å². The molecule has 1 aromatic carbocycles. The minimum atomic E-state index is -0.704. The largest absolute Gasteiger partial charge is 0.409 e. The molecule has 0 saturated carbocycles. The molecule has 0 aliphatic carbocycles. The van der Waals surface area contributed by atoms with E-state index in [-0.39, 0.29) is 11.3 Å². The number of pyridine rings is 1. The molecule has 102 valence electrons. The SMILES string of the molecule is N/C(=N/O)c1c(F)cccc1NC(=O)c1cccnc1. The highest BCUT2D eigenvalue weighted by Crippen LogP contribution is 2.19. The Bertz CT molecular complexity index is 659. The lowest BCUT2D eigenvalue weighted by atomic mass is 10.1. The van der Waals surface area contributed by atoms with Crippen LogP contribution >= 0.6 is 0 Å². The molecule has 0 aliphatic heterocycles. The van der Waals surface area contributed by atoms with E-state index in [4.69, 9.17) is 10.9 Å². The average molecular weight is 274 g/mol. The Morgan fingerprint density at radius 2 is 2.15 bits per heavy atom. The van der Waals surface area contributed by atoms with Gasteiger partial charge in [0.1, 0.15) is 5.82 Å². The zero-order valence-electron chi connectivity index (χ0n) is 10.2. The number of rotatable bonds is 3. The van der Waals surface area contributed by atoms with Gasteiger partial charge in [0, 0.05) is 12.4 Å². The smallest absolute Gasteiger partial charge is 0.257 e. The number of nitrogens with two attached hydrogens (primary N) is 1. The number of nitrogens with zero attached hydrogens (tertiary/aromatic N) is 2. The highest BCUT2D eigenvalue weighted by atomic mass is 19.1. The zero-order valence-corrected chi connectivity index (χ0v) is 10.2. The van der Waals surface area contributed by atoms with Crippen LogP contribution in [0.25, 0.3) is 0 Å². The molecule has 0 atom stereocenters. The summed E-state index contributed by atoms with van der Waals surface area (Å²) in [5.41, 5.74) is 5.65. The number of anilines is 1. The number of carbonyl (C=O) groups excluding carboxylic acids is 1. The second-order valence-electron chi connectivity index (χ2n) is 3.84. The van der Waals surface area contributed by atoms with Gasteiger partial charge in [-0.3, -0.25) is 9.78 Å². The van der Waals surface area contributed by atoms with Gasteiger partial charge in [-0.25, -0.2) is 4.39 Å². The van der Waals surface area contributed by atoms with Crippen LogP contribution in [0.4, 0.5) is 10.1 Å². The van der Waals surface area contributed by atoms with Gasteiger partial charge in [0.25, 0.3) is 5.91 Å². The molecule has 4 N–H and O–H groups in total. The highest BCUT2D eigenvalue weighted by molar-refractivity contribution is 6.09. The number of hydrogen-bond donors (Lipinski definition) is 3. The molecule has 2 rings (SSSR count). The quantitative estimate of drug-likeness (QED) is 0.342. The molecular formula is C13H11FN4O2. The highest BCUT2D eigenvalue weighted by Gasteiger charge is 2.15. The second-order valence-corrected chi connectivity index (χ2v) is 3.84. The third kappa shape index (κ3) is 2.72. The monoisotopic (exact) mass is 274 g/mol. The summed E-state index contributed by atoms with van der Waals surface area (Å²) in [4.78, 5) is 15.8. The molecule has 0 unspecified atom stereocenters. The van der Waals surface area contributed by atoms with Crippen molar-refractivity contribution in [3.8, 4) is 0 Å². The van der Waals surface area contributed by atoms with Crippen LogP contribution in [0, 0.1) is 5.82 Å². The van der Waals surface area contributed by atoms with Crippen molar-refractivity contribution >= 4 is 17.4 Å². The number of oxime groups is 1. The fourth-order valence-corrected chi connectivity index (χ4v) is 1.63. The number of amides is 1. The number of benzene rings is 1. The topological polar surface area (TPSA) is 101 Å². The molecule has 7 heteroatoms. The number of halogens is 1. The summed E-state index contributed by atoms with van der Waals surface area (Å²) in [6.45, 7) is 0. The maximum absolute atomic E-state index is 13.7. The number of aromatic nitrogens is 1. The Labute approximate surface area is 113 Å². The minimum Gasteiger partial charge on any atom is -0.409 e. The van der Waals surface area contributed by atoms with E-state index in [0.29, 0.717) is 5.56 Å². The van der Waals surface area contributed by atoms with Gasteiger partial charge in [-0.05, 0) is 24.3 Å². The maximum atomic E-state index is 13.7. The molecule has 0 aliphatic rings. The normalized spacial score (nSPS) is 11.2. The molecule has 1 heterocycles. The van der Waals surface area contributed by atoms with E-state index in [1.54, 1.807) is 12.1 Å². The lowest BCUT2D eigenvalue weighted by molar-refractivity contribution is 0.102. The van der Waals surface area contributed by atoms with Crippen molar-refractivity contribution in [3.63, 3.8) is 0 Å². The average Bonchev–Trinajstić information content (AvgIpc) is 2.47. The Hall–Kier alpha value is -2.96. The predicted molar refractivity (Wildman–Crippen MR) is 71.1 cm³/mol. The Morgan fingerprint density at radius 3 is 2.80 bits per heavy atom. The summed E-state index contributed by atoms with van der Waals surface area (Å²) >= 11 is 0. The molecule has 0 spiro atoms. The van der Waals surface area contributed by atoms with Crippen molar-refractivity contribution in [1.29, 1.82) is 0 Å². The summed E-state index contributed by atoms with van der Waals surface area (Å²) in [6, 6.07) is 7.16. The van der Waals surface area contributed by atoms with Crippen LogP contribution in [0.1, 0.15) is 15.9 Å². The van der Waals surface area contributed by atoms with Crippen molar-refractivity contribution in [3.05, 3.63) is 59.7 Å². The Balaban J connectivity index is 2.35. The van der Waals surface area contributed by atoms with Crippen LogP contribution in [0.15, 0.2) is 47.9 Å². The van der Waals surface area contributed by atoms with Gasteiger partial charge in [0.05, 0.1) is 16.8 Å². The third-order valence-electron chi connectivity index (χ3n) is 2.55. The first-order valence-electron chi connectivity index (χ1n) is 5.61. The maximum Gasteiger partial charge on any atom is 0.257 e. The fourth-order valence-electron chi connectivity index (χ4n) is 1.63. The first-order chi connectivity index (χ1) is 9.63. The van der Waals surface area contributed by atoms with Gasteiger partial charge in [-0.15, -0.1) is 0 Å². The first-order valence-corrected chi connectivity index (χ1v) is 5.61. The van der Waals surface area contributed by atoms with Crippen molar-refractivity contribution < 1.29 is 14.4 Å². The summed E-state index contributed by atoms with van der Waals surface area (Å²) in [6.07, 6.45) is 2.90. The lowest BCUT2D eigenvalue weighted by Crippen LogP contribution is -2.20. The number of hydrogen-bond acceptors (Lipinski definition) is 4. The summed E-state index contributed by atoms with van der Waals surface area (Å²) in [5.74, 6) is -1.61. The molecule has 0 bridgehead atoms. The van der Waals surface area contributed by atoms with Gasteiger partial charge >= 0.3 is 0 Å². The Kier molecular flexibility index (Phi) is 3.90.